The van der Waals surface area contributed by atoms with E-state index in [0.29, 0.717) is 0 Å². The second kappa shape index (κ2) is 15.7. The van der Waals surface area contributed by atoms with Crippen LogP contribution < -0.4 is 11.1 Å². The standard InChI is InChI=1S/C5H14N2.C2H6.H2/c1-2-4-7-5-3-6;1-2;/h7H,2-6H2,1H3;1-2H3;1H. The Morgan fingerprint density at radius 2 is 1.89 bits per heavy atom. The van der Waals surface area contributed by atoms with Gasteiger partial charge in [0.25, 0.3) is 0 Å². The van der Waals surface area contributed by atoms with Crippen molar-refractivity contribution in [1.29, 1.82) is 0 Å². The van der Waals surface area contributed by atoms with E-state index in [4.69, 9.17) is 5.73 Å². The Bertz CT molecular complexity index is 30.8. The molecule has 0 spiro atoms. The van der Waals surface area contributed by atoms with Crippen molar-refractivity contribution >= 4 is 0 Å². The van der Waals surface area contributed by atoms with Gasteiger partial charge in [-0.3, -0.25) is 0 Å². The fraction of sp³-hybridized carbons (Fsp3) is 1.00. The van der Waals surface area contributed by atoms with E-state index in [1.807, 2.05) is 13.8 Å². The zero-order chi connectivity index (χ0) is 7.54. The zero-order valence-electron chi connectivity index (χ0n) is 6.91. The second-order valence-corrected chi connectivity index (χ2v) is 1.54. The summed E-state index contributed by atoms with van der Waals surface area (Å²) in [5.74, 6) is 0. The van der Waals surface area contributed by atoms with Crippen molar-refractivity contribution in [3.63, 3.8) is 0 Å². The van der Waals surface area contributed by atoms with Gasteiger partial charge in [0.05, 0.1) is 0 Å². The van der Waals surface area contributed by atoms with Gasteiger partial charge in [0.1, 0.15) is 0 Å². The van der Waals surface area contributed by atoms with Crippen LogP contribution >= 0.6 is 0 Å². The van der Waals surface area contributed by atoms with Crippen LogP contribution in [-0.4, -0.2) is 19.6 Å². The molecule has 0 aliphatic heterocycles. The van der Waals surface area contributed by atoms with E-state index >= 15 is 0 Å². The number of nitrogens with one attached hydrogen (secondary N) is 1. The zero-order valence-corrected chi connectivity index (χ0v) is 6.91. The van der Waals surface area contributed by atoms with Crippen LogP contribution in [0.15, 0.2) is 0 Å². The highest BCUT2D eigenvalue weighted by atomic mass is 14.9. The van der Waals surface area contributed by atoms with Crippen molar-refractivity contribution < 1.29 is 1.43 Å². The topological polar surface area (TPSA) is 38.0 Å². The van der Waals surface area contributed by atoms with Crippen LogP contribution in [-0.2, 0) is 0 Å². The van der Waals surface area contributed by atoms with E-state index in [1.165, 1.54) is 6.42 Å². The van der Waals surface area contributed by atoms with Gasteiger partial charge in [0, 0.05) is 14.5 Å². The summed E-state index contributed by atoms with van der Waals surface area (Å²) in [6, 6.07) is 0. The fourth-order valence-electron chi connectivity index (χ4n) is 0.404. The first kappa shape index (κ1) is 11.7. The summed E-state index contributed by atoms with van der Waals surface area (Å²) >= 11 is 0. The molecule has 2 nitrogen and oxygen atoms in total. The van der Waals surface area contributed by atoms with Gasteiger partial charge in [-0.25, -0.2) is 0 Å². The van der Waals surface area contributed by atoms with Gasteiger partial charge >= 0.3 is 0 Å². The minimum atomic E-state index is 0. The minimum Gasteiger partial charge on any atom is -0.329 e. The number of hydrogen-bond donors (Lipinski definition) is 2. The lowest BCUT2D eigenvalue weighted by atomic mass is 10.5. The van der Waals surface area contributed by atoms with Crippen molar-refractivity contribution in [2.75, 3.05) is 19.6 Å². The summed E-state index contributed by atoms with van der Waals surface area (Å²) in [6.07, 6.45) is 1.19. The van der Waals surface area contributed by atoms with Crippen LogP contribution in [0.1, 0.15) is 28.6 Å². The van der Waals surface area contributed by atoms with Gasteiger partial charge in [0.2, 0.25) is 0 Å². The molecule has 0 aliphatic carbocycles. The van der Waals surface area contributed by atoms with E-state index in [1.54, 1.807) is 0 Å². The summed E-state index contributed by atoms with van der Waals surface area (Å²) in [5.41, 5.74) is 5.21. The first-order chi connectivity index (χ1) is 4.41. The molecule has 0 saturated carbocycles. The Balaban J connectivity index is -0.000000149. The molecule has 2 heteroatoms. The van der Waals surface area contributed by atoms with Crippen LogP contribution in [0.25, 0.3) is 0 Å². The largest absolute Gasteiger partial charge is 0.329 e. The Kier molecular flexibility index (Phi) is 20.3. The predicted molar refractivity (Wildman–Crippen MR) is 45.7 cm³/mol. The van der Waals surface area contributed by atoms with E-state index in [-0.39, 0.29) is 1.43 Å². The minimum absolute atomic E-state index is 0. The summed E-state index contributed by atoms with van der Waals surface area (Å²) in [6.45, 7) is 8.94. The van der Waals surface area contributed by atoms with Crippen LogP contribution in [0.4, 0.5) is 0 Å². The van der Waals surface area contributed by atoms with Gasteiger partial charge in [0.15, 0.2) is 0 Å². The molecule has 0 amide bonds. The quantitative estimate of drug-likeness (QED) is 0.567. The lowest BCUT2D eigenvalue weighted by molar-refractivity contribution is 0.678. The SMILES string of the molecule is CC.CCCNCCN.[HH]. The Hall–Kier alpha value is -0.0800. The maximum atomic E-state index is 5.21. The highest BCUT2D eigenvalue weighted by Crippen LogP contribution is 1.65. The van der Waals surface area contributed by atoms with Crippen molar-refractivity contribution in [3.8, 4) is 0 Å². The Morgan fingerprint density at radius 3 is 2.22 bits per heavy atom. The molecule has 60 valence electrons. The third kappa shape index (κ3) is 18.1. The first-order valence-electron chi connectivity index (χ1n) is 3.82. The van der Waals surface area contributed by atoms with Crippen LogP contribution in [0.3, 0.4) is 0 Å². The average Bonchev–Trinajstić information content (AvgIpc) is 1.94. The lowest BCUT2D eigenvalue weighted by Crippen LogP contribution is -2.22. The molecule has 0 aromatic carbocycles. The molecule has 0 saturated heterocycles. The second-order valence-electron chi connectivity index (χ2n) is 1.54. The molecule has 0 heterocycles. The van der Waals surface area contributed by atoms with Gasteiger partial charge in [-0.1, -0.05) is 20.8 Å². The number of nitrogens with two attached hydrogens (primary N) is 1. The molecule has 0 atom stereocenters. The van der Waals surface area contributed by atoms with Gasteiger partial charge in [-0.2, -0.15) is 0 Å². The van der Waals surface area contributed by atoms with E-state index < -0.39 is 0 Å². The summed E-state index contributed by atoms with van der Waals surface area (Å²) in [7, 11) is 0. The van der Waals surface area contributed by atoms with E-state index in [2.05, 4.69) is 12.2 Å². The van der Waals surface area contributed by atoms with Crippen molar-refractivity contribution in [1.82, 2.24) is 5.32 Å². The third-order valence-electron chi connectivity index (χ3n) is 0.748. The maximum Gasteiger partial charge on any atom is 0.00744 e. The van der Waals surface area contributed by atoms with Gasteiger partial charge in [-0.15, -0.1) is 0 Å². The number of hydrogen-bond acceptors (Lipinski definition) is 2. The summed E-state index contributed by atoms with van der Waals surface area (Å²) in [4.78, 5) is 0. The molecular formula is C7H22N2. The summed E-state index contributed by atoms with van der Waals surface area (Å²) in [5, 5.41) is 3.16. The van der Waals surface area contributed by atoms with Crippen molar-refractivity contribution in [2.45, 2.75) is 27.2 Å². The van der Waals surface area contributed by atoms with Crippen LogP contribution in [0, 0.1) is 0 Å². The monoisotopic (exact) mass is 134 g/mol. The Labute approximate surface area is 60.3 Å². The molecule has 0 fully saturated rings. The highest BCUT2D eigenvalue weighted by Gasteiger charge is 1.76. The summed E-state index contributed by atoms with van der Waals surface area (Å²) < 4.78 is 0. The Morgan fingerprint density at radius 1 is 1.33 bits per heavy atom. The van der Waals surface area contributed by atoms with Crippen LogP contribution in [0.2, 0.25) is 0 Å². The maximum absolute atomic E-state index is 5.21. The molecule has 0 bridgehead atoms. The lowest BCUT2D eigenvalue weighted by Gasteiger charge is -1.95. The first-order valence-corrected chi connectivity index (χ1v) is 3.82. The fourth-order valence-corrected chi connectivity index (χ4v) is 0.404. The van der Waals surface area contributed by atoms with Crippen molar-refractivity contribution in [3.05, 3.63) is 0 Å². The molecular weight excluding hydrogens is 112 g/mol. The molecule has 0 rings (SSSR count). The van der Waals surface area contributed by atoms with E-state index in [0.717, 1.165) is 19.6 Å². The van der Waals surface area contributed by atoms with Crippen LogP contribution in [0.5, 0.6) is 0 Å². The smallest absolute Gasteiger partial charge is 0.00744 e. The normalized spacial score (nSPS) is 8.00. The highest BCUT2D eigenvalue weighted by molar-refractivity contribution is 4.42. The molecule has 0 radical (unpaired) electrons. The molecule has 0 aromatic heterocycles. The number of rotatable bonds is 4. The molecule has 0 aromatic rings. The third-order valence-corrected chi connectivity index (χ3v) is 0.748. The molecule has 3 N–H and O–H groups in total. The van der Waals surface area contributed by atoms with Gasteiger partial charge < -0.3 is 11.1 Å². The molecule has 0 unspecified atom stereocenters. The average molecular weight is 134 g/mol. The van der Waals surface area contributed by atoms with E-state index in [9.17, 15) is 0 Å². The molecule has 0 aliphatic rings. The molecule has 9 heavy (non-hydrogen) atoms. The van der Waals surface area contributed by atoms with Crippen molar-refractivity contribution in [2.24, 2.45) is 5.73 Å². The van der Waals surface area contributed by atoms with Gasteiger partial charge in [-0.05, 0) is 13.0 Å². The predicted octanol–water partition coefficient (Wildman–Crippen LogP) is 1.22.